The zero-order valence-corrected chi connectivity index (χ0v) is 20.7. The molecule has 2 aromatic carbocycles. The van der Waals surface area contributed by atoms with Gasteiger partial charge in [-0.05, 0) is 51.0 Å². The van der Waals surface area contributed by atoms with E-state index < -0.39 is 34.3 Å². The number of nitrogens with zero attached hydrogens (tertiary/aromatic N) is 2. The van der Waals surface area contributed by atoms with E-state index in [0.717, 1.165) is 28.3 Å². The van der Waals surface area contributed by atoms with E-state index in [1.807, 2.05) is 44.2 Å². The molecule has 0 saturated heterocycles. The number of anilines is 1. The normalized spacial score (nSPS) is 12.3. The first-order chi connectivity index (χ1) is 15.4. The molecule has 0 bridgehead atoms. The van der Waals surface area contributed by atoms with Crippen LogP contribution in [0.25, 0.3) is 0 Å². The summed E-state index contributed by atoms with van der Waals surface area (Å²) >= 11 is 5.82. The quantitative estimate of drug-likeness (QED) is 0.546. The molecule has 0 aliphatic carbocycles. The molecule has 2 aromatic rings. The molecular weight excluding hydrogens is 469 g/mol. The van der Waals surface area contributed by atoms with Gasteiger partial charge < -0.3 is 10.2 Å². The van der Waals surface area contributed by atoms with Crippen LogP contribution in [0.5, 0.6) is 0 Å². The van der Waals surface area contributed by atoms with Crippen LogP contribution >= 0.6 is 11.6 Å². The average Bonchev–Trinajstić information content (AvgIpc) is 2.73. The van der Waals surface area contributed by atoms with Crippen molar-refractivity contribution < 1.29 is 22.4 Å². The Balaban J connectivity index is 2.33. The minimum atomic E-state index is -3.90. The lowest BCUT2D eigenvalue weighted by Gasteiger charge is -2.32. The van der Waals surface area contributed by atoms with Crippen molar-refractivity contribution in [1.29, 1.82) is 0 Å². The predicted octanol–water partition coefficient (Wildman–Crippen LogP) is 3.23. The first-order valence-corrected chi connectivity index (χ1v) is 12.7. The van der Waals surface area contributed by atoms with Gasteiger partial charge in [0.1, 0.15) is 18.4 Å². The number of benzene rings is 2. The number of halogens is 2. The second kappa shape index (κ2) is 11.5. The van der Waals surface area contributed by atoms with Gasteiger partial charge in [0.25, 0.3) is 0 Å². The van der Waals surface area contributed by atoms with Crippen molar-refractivity contribution in [2.24, 2.45) is 0 Å². The summed E-state index contributed by atoms with van der Waals surface area (Å²) in [5, 5.41) is 2.52. The van der Waals surface area contributed by atoms with Crippen molar-refractivity contribution in [1.82, 2.24) is 10.2 Å². The van der Waals surface area contributed by atoms with Crippen LogP contribution in [0.15, 0.2) is 48.5 Å². The van der Waals surface area contributed by atoms with Crippen LogP contribution in [-0.2, 0) is 26.0 Å². The highest BCUT2D eigenvalue weighted by molar-refractivity contribution is 7.92. The molecule has 0 heterocycles. The number of hydrogen-bond donors (Lipinski definition) is 1. The maximum Gasteiger partial charge on any atom is 0.244 e. The third-order valence-electron chi connectivity index (χ3n) is 4.95. The Morgan fingerprint density at radius 2 is 1.73 bits per heavy atom. The van der Waals surface area contributed by atoms with Gasteiger partial charge in [-0.15, -0.1) is 0 Å². The van der Waals surface area contributed by atoms with Crippen LogP contribution in [0, 0.1) is 5.82 Å². The van der Waals surface area contributed by atoms with Gasteiger partial charge in [0.2, 0.25) is 21.8 Å². The van der Waals surface area contributed by atoms with Gasteiger partial charge in [0.05, 0.1) is 17.0 Å². The van der Waals surface area contributed by atoms with Gasteiger partial charge >= 0.3 is 0 Å². The van der Waals surface area contributed by atoms with E-state index in [0.29, 0.717) is 6.42 Å². The molecule has 1 unspecified atom stereocenters. The van der Waals surface area contributed by atoms with E-state index in [1.54, 1.807) is 6.92 Å². The molecule has 10 heteroatoms. The number of nitrogens with one attached hydrogen (secondary N) is 1. The summed E-state index contributed by atoms with van der Waals surface area (Å²) in [5.74, 6) is -1.62. The molecule has 0 saturated carbocycles. The lowest BCUT2D eigenvalue weighted by atomic mass is 10.1. The molecule has 2 rings (SSSR count). The van der Waals surface area contributed by atoms with Gasteiger partial charge in [-0.3, -0.25) is 13.9 Å². The maximum absolute atomic E-state index is 13.6. The highest BCUT2D eigenvalue weighted by atomic mass is 35.5. The third-order valence-corrected chi connectivity index (χ3v) is 6.38. The minimum Gasteiger partial charge on any atom is -0.352 e. The monoisotopic (exact) mass is 497 g/mol. The van der Waals surface area contributed by atoms with Crippen molar-refractivity contribution in [3.63, 3.8) is 0 Å². The zero-order chi connectivity index (χ0) is 24.8. The molecule has 0 fully saturated rings. The van der Waals surface area contributed by atoms with Gasteiger partial charge in [0, 0.05) is 12.6 Å². The summed E-state index contributed by atoms with van der Waals surface area (Å²) in [6.07, 6.45) is 1.42. The summed E-state index contributed by atoms with van der Waals surface area (Å²) in [7, 11) is -3.90. The van der Waals surface area contributed by atoms with Gasteiger partial charge in [-0.25, -0.2) is 12.8 Å². The smallest absolute Gasteiger partial charge is 0.244 e. The van der Waals surface area contributed by atoms with Gasteiger partial charge in [0.15, 0.2) is 0 Å². The third kappa shape index (κ3) is 7.71. The number of hydrogen-bond acceptors (Lipinski definition) is 4. The van der Waals surface area contributed by atoms with Crippen molar-refractivity contribution >= 4 is 39.1 Å². The largest absolute Gasteiger partial charge is 0.352 e. The van der Waals surface area contributed by atoms with Crippen LogP contribution < -0.4 is 9.62 Å². The molecule has 180 valence electrons. The summed E-state index contributed by atoms with van der Waals surface area (Å²) < 4.78 is 39.3. The summed E-state index contributed by atoms with van der Waals surface area (Å²) in [5.41, 5.74) is 1.02. The standard InChI is InChI=1S/C23H29ClFN3O4S/c1-16(2)26-23(30)17(3)27(13-12-18-8-6-5-7-9-18)22(29)15-28(33(4,31)32)19-10-11-21(25)20(24)14-19/h5-11,14,16-17H,12-13,15H2,1-4H3,(H,26,30). The SMILES string of the molecule is CC(C)NC(=O)C(C)N(CCc1ccccc1)C(=O)CN(c1ccc(F)c(Cl)c1)S(C)(=O)=O. The predicted molar refractivity (Wildman–Crippen MR) is 128 cm³/mol. The Labute approximate surface area is 199 Å². The highest BCUT2D eigenvalue weighted by Gasteiger charge is 2.30. The second-order valence-corrected chi connectivity index (χ2v) is 10.3. The van der Waals surface area contributed by atoms with E-state index in [2.05, 4.69) is 5.32 Å². The Morgan fingerprint density at radius 3 is 2.27 bits per heavy atom. The number of carbonyl (C=O) groups excluding carboxylic acids is 2. The molecule has 1 N–H and O–H groups in total. The molecule has 0 aliphatic rings. The molecule has 0 radical (unpaired) electrons. The number of carbonyl (C=O) groups is 2. The first kappa shape index (κ1) is 26.6. The Kier molecular flexibility index (Phi) is 9.25. The fourth-order valence-electron chi connectivity index (χ4n) is 3.23. The van der Waals surface area contributed by atoms with Crippen LogP contribution in [0.1, 0.15) is 26.3 Å². The topological polar surface area (TPSA) is 86.8 Å². The van der Waals surface area contributed by atoms with E-state index in [4.69, 9.17) is 11.6 Å². The number of rotatable bonds is 10. The van der Waals surface area contributed by atoms with Crippen LogP contribution in [0.4, 0.5) is 10.1 Å². The molecular formula is C23H29ClFN3O4S. The molecule has 0 aliphatic heterocycles. The van der Waals surface area contributed by atoms with Crippen LogP contribution in [-0.4, -0.2) is 56.6 Å². The zero-order valence-electron chi connectivity index (χ0n) is 19.1. The highest BCUT2D eigenvalue weighted by Crippen LogP contribution is 2.24. The molecule has 7 nitrogen and oxygen atoms in total. The summed E-state index contributed by atoms with van der Waals surface area (Å²) in [4.78, 5) is 27.3. The Bertz CT molecular complexity index is 1080. The molecule has 1 atom stereocenters. The van der Waals surface area contributed by atoms with Crippen molar-refractivity contribution in [2.75, 3.05) is 23.7 Å². The fourth-order valence-corrected chi connectivity index (χ4v) is 4.25. The van der Waals surface area contributed by atoms with Crippen LogP contribution in [0.3, 0.4) is 0 Å². The van der Waals surface area contributed by atoms with E-state index in [-0.39, 0.29) is 29.2 Å². The van der Waals surface area contributed by atoms with Crippen molar-refractivity contribution in [3.05, 3.63) is 64.9 Å². The Hall–Kier alpha value is -2.65. The lowest BCUT2D eigenvalue weighted by molar-refractivity contribution is -0.139. The minimum absolute atomic E-state index is 0.0551. The molecule has 0 spiro atoms. The fraction of sp³-hybridized carbons (Fsp3) is 0.391. The number of amides is 2. The van der Waals surface area contributed by atoms with E-state index in [1.165, 1.54) is 11.0 Å². The number of sulfonamides is 1. The maximum atomic E-state index is 13.6. The van der Waals surface area contributed by atoms with Gasteiger partial charge in [-0.2, -0.15) is 0 Å². The Morgan fingerprint density at radius 1 is 1.09 bits per heavy atom. The molecule has 33 heavy (non-hydrogen) atoms. The second-order valence-electron chi connectivity index (χ2n) is 8.03. The molecule has 0 aromatic heterocycles. The van der Waals surface area contributed by atoms with Crippen molar-refractivity contribution in [2.45, 2.75) is 39.3 Å². The molecule has 2 amide bonds. The van der Waals surface area contributed by atoms with Gasteiger partial charge in [-0.1, -0.05) is 41.9 Å². The first-order valence-electron chi connectivity index (χ1n) is 10.5. The summed E-state index contributed by atoms with van der Waals surface area (Å²) in [6, 6.07) is 11.9. The average molecular weight is 498 g/mol. The van der Waals surface area contributed by atoms with Crippen molar-refractivity contribution in [3.8, 4) is 0 Å². The van der Waals surface area contributed by atoms with E-state index >= 15 is 0 Å². The lowest BCUT2D eigenvalue weighted by Crippen LogP contribution is -2.53. The summed E-state index contributed by atoms with van der Waals surface area (Å²) in [6.45, 7) is 4.86. The van der Waals surface area contributed by atoms with E-state index in [9.17, 15) is 22.4 Å². The van der Waals surface area contributed by atoms with Crippen LogP contribution in [0.2, 0.25) is 5.02 Å².